The standard InChI is InChI=1S/C22H16BrNO2/c23-18-13-11-17(12-14-18)22(26)24-19(15-7-3-1-4-8-15)20(24)21(25)16-9-5-2-6-10-16/h1-14,19-20H/t19-,20+,24?/m0/s1. The number of rotatable bonds is 4. The Morgan fingerprint density at radius 2 is 1.31 bits per heavy atom. The topological polar surface area (TPSA) is 37.1 Å². The highest BCUT2D eigenvalue weighted by Gasteiger charge is 2.56. The molecule has 0 spiro atoms. The molecule has 1 heterocycles. The van der Waals surface area contributed by atoms with Crippen LogP contribution in [0.3, 0.4) is 0 Å². The third kappa shape index (κ3) is 3.08. The van der Waals surface area contributed by atoms with Crippen LogP contribution in [0.1, 0.15) is 32.3 Å². The Morgan fingerprint density at radius 3 is 1.92 bits per heavy atom. The number of nitrogens with zero attached hydrogens (tertiary/aromatic N) is 1. The molecular weight excluding hydrogens is 390 g/mol. The van der Waals surface area contributed by atoms with Crippen molar-refractivity contribution in [2.24, 2.45) is 0 Å². The summed E-state index contributed by atoms with van der Waals surface area (Å²) in [4.78, 5) is 27.7. The zero-order valence-corrected chi connectivity index (χ0v) is 15.5. The summed E-state index contributed by atoms with van der Waals surface area (Å²) >= 11 is 3.38. The Balaban J connectivity index is 1.67. The Labute approximate surface area is 160 Å². The molecule has 2 atom stereocenters. The Kier molecular flexibility index (Phi) is 4.43. The van der Waals surface area contributed by atoms with E-state index in [1.165, 1.54) is 0 Å². The van der Waals surface area contributed by atoms with E-state index in [0.29, 0.717) is 11.1 Å². The minimum atomic E-state index is -0.462. The first-order valence-corrected chi connectivity index (χ1v) is 9.18. The lowest BCUT2D eigenvalue weighted by Gasteiger charge is -2.05. The molecule has 0 radical (unpaired) electrons. The quantitative estimate of drug-likeness (QED) is 0.457. The van der Waals surface area contributed by atoms with Crippen LogP contribution in [-0.4, -0.2) is 22.6 Å². The number of benzene rings is 3. The van der Waals surface area contributed by atoms with E-state index in [0.717, 1.165) is 10.0 Å². The number of Topliss-reactive ketones (excluding diaryl/α,β-unsaturated/α-hetero) is 1. The maximum absolute atomic E-state index is 13.0. The Bertz CT molecular complexity index is 939. The van der Waals surface area contributed by atoms with Gasteiger partial charge in [0, 0.05) is 15.6 Å². The van der Waals surface area contributed by atoms with Crippen molar-refractivity contribution in [3.05, 3.63) is 106 Å². The zero-order valence-electron chi connectivity index (χ0n) is 13.9. The van der Waals surface area contributed by atoms with E-state index < -0.39 is 6.04 Å². The van der Waals surface area contributed by atoms with Crippen molar-refractivity contribution in [1.82, 2.24) is 4.90 Å². The van der Waals surface area contributed by atoms with E-state index in [-0.39, 0.29) is 17.7 Å². The lowest BCUT2D eigenvalue weighted by Crippen LogP contribution is -2.19. The number of carbonyl (C=O) groups excluding carboxylic acids is 2. The smallest absolute Gasteiger partial charge is 0.255 e. The van der Waals surface area contributed by atoms with Gasteiger partial charge in [-0.3, -0.25) is 9.59 Å². The number of hydrogen-bond acceptors (Lipinski definition) is 2. The predicted octanol–water partition coefficient (Wildman–Crippen LogP) is 4.90. The molecule has 0 aliphatic carbocycles. The lowest BCUT2D eigenvalue weighted by atomic mass is 10.0. The summed E-state index contributed by atoms with van der Waals surface area (Å²) in [5.41, 5.74) is 2.19. The van der Waals surface area contributed by atoms with Crippen LogP contribution in [0.4, 0.5) is 0 Å². The molecule has 4 rings (SSSR count). The zero-order chi connectivity index (χ0) is 18.1. The third-order valence-electron chi connectivity index (χ3n) is 4.60. The first kappa shape index (κ1) is 16.7. The van der Waals surface area contributed by atoms with Crippen LogP contribution < -0.4 is 0 Å². The van der Waals surface area contributed by atoms with Gasteiger partial charge < -0.3 is 4.90 Å². The van der Waals surface area contributed by atoms with Crippen molar-refractivity contribution >= 4 is 27.6 Å². The number of amides is 1. The molecule has 0 bridgehead atoms. The SMILES string of the molecule is O=C(c1ccccc1)[C@H]1[C@H](c2ccccc2)N1C(=O)c1ccc(Br)cc1. The normalized spacial score (nSPS) is 18.4. The molecular formula is C22H16BrNO2. The fourth-order valence-corrected chi connectivity index (χ4v) is 3.53. The van der Waals surface area contributed by atoms with Gasteiger partial charge >= 0.3 is 0 Å². The van der Waals surface area contributed by atoms with Crippen molar-refractivity contribution < 1.29 is 9.59 Å². The van der Waals surface area contributed by atoms with Gasteiger partial charge in [0.2, 0.25) is 0 Å². The van der Waals surface area contributed by atoms with Gasteiger partial charge in [-0.1, -0.05) is 76.6 Å². The number of ketones is 1. The van der Waals surface area contributed by atoms with Gasteiger partial charge in [0.05, 0.1) is 6.04 Å². The van der Waals surface area contributed by atoms with Gasteiger partial charge in [-0.15, -0.1) is 0 Å². The van der Waals surface area contributed by atoms with Crippen LogP contribution in [0.2, 0.25) is 0 Å². The number of carbonyl (C=O) groups is 2. The van der Waals surface area contributed by atoms with Crippen molar-refractivity contribution in [3.63, 3.8) is 0 Å². The lowest BCUT2D eigenvalue weighted by molar-refractivity contribution is 0.0833. The monoisotopic (exact) mass is 405 g/mol. The summed E-state index contributed by atoms with van der Waals surface area (Å²) in [5, 5.41) is 0. The number of hydrogen-bond donors (Lipinski definition) is 0. The van der Waals surface area contributed by atoms with Gasteiger partial charge in [0.1, 0.15) is 6.04 Å². The van der Waals surface area contributed by atoms with Crippen molar-refractivity contribution in [2.75, 3.05) is 0 Å². The second kappa shape index (κ2) is 6.89. The van der Waals surface area contributed by atoms with E-state index in [4.69, 9.17) is 0 Å². The molecule has 26 heavy (non-hydrogen) atoms. The number of halogens is 1. The molecule has 0 N–H and O–H groups in total. The highest BCUT2D eigenvalue weighted by atomic mass is 79.9. The molecule has 1 aliphatic rings. The highest BCUT2D eigenvalue weighted by molar-refractivity contribution is 9.10. The molecule has 3 aromatic rings. The molecule has 128 valence electrons. The van der Waals surface area contributed by atoms with E-state index in [1.807, 2.05) is 60.7 Å². The van der Waals surface area contributed by atoms with E-state index in [9.17, 15) is 9.59 Å². The molecule has 4 heteroatoms. The molecule has 0 saturated carbocycles. The predicted molar refractivity (Wildman–Crippen MR) is 104 cm³/mol. The summed E-state index contributed by atoms with van der Waals surface area (Å²) in [6.07, 6.45) is 0. The summed E-state index contributed by atoms with van der Waals surface area (Å²) in [5.74, 6) is -0.148. The van der Waals surface area contributed by atoms with Gasteiger partial charge in [-0.25, -0.2) is 0 Å². The summed E-state index contributed by atoms with van der Waals surface area (Å²) in [6, 6.07) is 25.4. The molecule has 1 saturated heterocycles. The maximum atomic E-state index is 13.0. The third-order valence-corrected chi connectivity index (χ3v) is 5.13. The fraction of sp³-hybridized carbons (Fsp3) is 0.0909. The molecule has 0 aromatic heterocycles. The average Bonchev–Trinajstić information content (AvgIpc) is 3.44. The summed E-state index contributed by atoms with van der Waals surface area (Å²) in [6.45, 7) is 0. The first-order valence-electron chi connectivity index (χ1n) is 8.39. The molecule has 0 unspecified atom stereocenters. The molecule has 3 nitrogen and oxygen atoms in total. The second-order valence-corrected chi connectivity index (χ2v) is 7.17. The second-order valence-electron chi connectivity index (χ2n) is 6.25. The summed E-state index contributed by atoms with van der Waals surface area (Å²) < 4.78 is 0.913. The summed E-state index contributed by atoms with van der Waals surface area (Å²) in [7, 11) is 0. The van der Waals surface area contributed by atoms with Crippen LogP contribution in [0.25, 0.3) is 0 Å². The average molecular weight is 406 g/mol. The van der Waals surface area contributed by atoms with Crippen LogP contribution >= 0.6 is 15.9 Å². The minimum absolute atomic E-state index is 0.0232. The molecule has 1 fully saturated rings. The van der Waals surface area contributed by atoms with Crippen LogP contribution in [-0.2, 0) is 0 Å². The highest BCUT2D eigenvalue weighted by Crippen LogP contribution is 2.45. The van der Waals surface area contributed by atoms with E-state index >= 15 is 0 Å². The van der Waals surface area contributed by atoms with E-state index in [1.54, 1.807) is 29.2 Å². The van der Waals surface area contributed by atoms with E-state index in [2.05, 4.69) is 15.9 Å². The largest absolute Gasteiger partial charge is 0.316 e. The van der Waals surface area contributed by atoms with Gasteiger partial charge in [0.15, 0.2) is 5.78 Å². The van der Waals surface area contributed by atoms with Crippen LogP contribution in [0.5, 0.6) is 0 Å². The van der Waals surface area contributed by atoms with Crippen LogP contribution in [0, 0.1) is 0 Å². The molecule has 1 amide bonds. The van der Waals surface area contributed by atoms with Crippen molar-refractivity contribution in [3.8, 4) is 0 Å². The van der Waals surface area contributed by atoms with Gasteiger partial charge in [-0.2, -0.15) is 0 Å². The molecule has 1 aliphatic heterocycles. The van der Waals surface area contributed by atoms with Crippen LogP contribution in [0.15, 0.2) is 89.4 Å². The maximum Gasteiger partial charge on any atom is 0.255 e. The Hall–Kier alpha value is -2.72. The fourth-order valence-electron chi connectivity index (χ4n) is 3.26. The van der Waals surface area contributed by atoms with Gasteiger partial charge in [0.25, 0.3) is 5.91 Å². The molecule has 3 aromatic carbocycles. The first-order chi connectivity index (χ1) is 12.7. The van der Waals surface area contributed by atoms with Gasteiger partial charge in [-0.05, 0) is 29.8 Å². The minimum Gasteiger partial charge on any atom is -0.316 e. The Morgan fingerprint density at radius 1 is 0.731 bits per heavy atom. The van der Waals surface area contributed by atoms with Crippen molar-refractivity contribution in [2.45, 2.75) is 12.1 Å². The van der Waals surface area contributed by atoms with Crippen molar-refractivity contribution in [1.29, 1.82) is 0 Å².